The van der Waals surface area contributed by atoms with Gasteiger partial charge in [-0.2, -0.15) is 0 Å². The highest BCUT2D eigenvalue weighted by Crippen LogP contribution is 2.11. The Morgan fingerprint density at radius 2 is 0.379 bits per heavy atom. The molecule has 0 unspecified atom stereocenters. The number of hydrogen-bond acceptors (Lipinski definition) is 30. The average Bonchev–Trinajstić information content (AvgIpc) is 1.01. The van der Waals surface area contributed by atoms with Crippen molar-refractivity contribution in [3.63, 3.8) is 0 Å². The van der Waals surface area contributed by atoms with Crippen LogP contribution in [0.15, 0.2) is 149 Å². The van der Waals surface area contributed by atoms with Crippen LogP contribution in [0.5, 0.6) is 0 Å². The normalized spacial score (nSPS) is 9.07. The number of hydrogen-bond donors (Lipinski definition) is 14. The lowest BCUT2D eigenvalue weighted by molar-refractivity contribution is -0.145. The molecule has 0 aromatic rings. The van der Waals surface area contributed by atoms with Crippen LogP contribution in [0.4, 0.5) is 0 Å². The van der Waals surface area contributed by atoms with Gasteiger partial charge in [-0.1, -0.05) is 156 Å². The summed E-state index contributed by atoms with van der Waals surface area (Å²) in [6.07, 6.45) is 27.0. The van der Waals surface area contributed by atoms with Crippen LogP contribution in [0.25, 0.3) is 0 Å². The van der Waals surface area contributed by atoms with Gasteiger partial charge in [-0.3, -0.25) is 57.5 Å². The minimum Gasteiger partial charge on any atom is -0.481 e. The van der Waals surface area contributed by atoms with Crippen molar-refractivity contribution >= 4 is 131 Å². The van der Waals surface area contributed by atoms with Crippen molar-refractivity contribution < 1.29 is 205 Å². The number of nitrogens with one attached hydrogen (secondary N) is 2. The Morgan fingerprint density at radius 3 is 0.564 bits per heavy atom. The summed E-state index contributed by atoms with van der Waals surface area (Å²) in [6, 6.07) is 0. The molecule has 796 valence electrons. The van der Waals surface area contributed by atoms with E-state index in [0.717, 1.165) is 152 Å². The van der Waals surface area contributed by atoms with Crippen LogP contribution in [0.2, 0.25) is 0 Å². The van der Waals surface area contributed by atoms with Crippen molar-refractivity contribution in [1.29, 1.82) is 0 Å². The SMILES string of the molecule is C=C(C)C(=O)NCCC(=O)O.C=C(C)C(=O)O.C=C(C)C(=O)OCCC(=O)O.C=C(C)C(=O)OCCCCC(=O)O.C=C(C)C(=O)OCCCCCCC(=O)O.C=C(C)C(=O)OCCCCCCCCC(=O)O.C=CC(=O)NCCC(=O)O.C=CC(=O)O.C=CC(=O)OCCC(=O)O.C=CC(=O)OCCCCC(=O)O.C=CC(=O)OCCCCCCC(=O)O.C=CC(=O)OCCCCCCCCC(=O)O. The van der Waals surface area contributed by atoms with Crippen molar-refractivity contribution in [2.45, 2.75) is 260 Å². The fraction of sp³-hybridized carbons (Fsp3) is 0.521. The molecule has 0 aliphatic heterocycles. The van der Waals surface area contributed by atoms with Crippen LogP contribution in [0, 0.1) is 0 Å². The highest BCUT2D eigenvalue weighted by molar-refractivity contribution is 5.92. The zero-order valence-electron chi connectivity index (χ0n) is 81.7. The molecular weight excluding hydrogens is 1850 g/mol. The summed E-state index contributed by atoms with van der Waals surface area (Å²) in [4.78, 5) is 226. The van der Waals surface area contributed by atoms with Gasteiger partial charge in [0, 0.05) is 115 Å². The van der Waals surface area contributed by atoms with Crippen LogP contribution in [0.3, 0.4) is 0 Å². The molecule has 0 radical (unpaired) electrons. The molecule has 0 atom stereocenters. The number of ether oxygens (including phenoxy) is 8. The van der Waals surface area contributed by atoms with E-state index < -0.39 is 101 Å². The molecule has 0 aromatic carbocycles. The molecule has 0 fully saturated rings. The Hall–Kier alpha value is -14.8. The van der Waals surface area contributed by atoms with Gasteiger partial charge in [-0.05, 0) is 125 Å². The van der Waals surface area contributed by atoms with E-state index in [9.17, 15) is 105 Å². The third-order valence-corrected chi connectivity index (χ3v) is 14.7. The molecular formula is C96H150N2O42. The monoisotopic (exact) mass is 2000 g/mol. The van der Waals surface area contributed by atoms with E-state index in [2.05, 4.69) is 104 Å². The quantitative estimate of drug-likeness (QED) is 0.0116. The van der Waals surface area contributed by atoms with Crippen LogP contribution >= 0.6 is 0 Å². The Kier molecular flexibility index (Phi) is 122. The number of carboxylic acid groups (broad SMARTS) is 12. The van der Waals surface area contributed by atoms with Crippen molar-refractivity contribution in [3.05, 3.63) is 149 Å². The number of carbonyl (C=O) groups excluding carboxylic acids is 10. The number of rotatable bonds is 66. The van der Waals surface area contributed by atoms with Crippen LogP contribution < -0.4 is 10.6 Å². The van der Waals surface area contributed by atoms with Gasteiger partial charge < -0.3 is 110 Å². The van der Waals surface area contributed by atoms with E-state index in [0.29, 0.717) is 87.2 Å². The number of unbranched alkanes of at least 4 members (excludes halogenated alkanes) is 18. The molecule has 0 saturated carbocycles. The molecule has 14 N–H and O–H groups in total. The maximum Gasteiger partial charge on any atom is 0.333 e. The summed E-state index contributed by atoms with van der Waals surface area (Å²) in [5.41, 5.74) is 2.03. The van der Waals surface area contributed by atoms with Gasteiger partial charge in [0.1, 0.15) is 13.2 Å². The molecule has 0 aromatic heterocycles. The minimum atomic E-state index is -0.989. The molecule has 0 bridgehead atoms. The number of amides is 2. The first kappa shape index (κ1) is 151. The average molecular weight is 2000 g/mol. The molecule has 2 amide bonds. The molecule has 0 rings (SSSR count). The summed E-state index contributed by atoms with van der Waals surface area (Å²) in [5.74, 6) is -14.5. The molecule has 0 heterocycles. The fourth-order valence-corrected chi connectivity index (χ4v) is 7.40. The first-order valence-corrected chi connectivity index (χ1v) is 43.7. The van der Waals surface area contributed by atoms with Gasteiger partial charge in [0.2, 0.25) is 11.8 Å². The number of carboxylic acids is 12. The van der Waals surface area contributed by atoms with E-state index in [1.54, 1.807) is 27.7 Å². The lowest BCUT2D eigenvalue weighted by atomic mass is 10.1. The predicted molar refractivity (Wildman–Crippen MR) is 512 cm³/mol. The first-order chi connectivity index (χ1) is 65.4. The smallest absolute Gasteiger partial charge is 0.333 e. The number of esters is 8. The van der Waals surface area contributed by atoms with Crippen molar-refractivity contribution in [2.24, 2.45) is 0 Å². The maximum atomic E-state index is 11.0. The summed E-state index contributed by atoms with van der Waals surface area (Å²) < 4.78 is 37.6. The molecule has 44 heteroatoms. The van der Waals surface area contributed by atoms with E-state index >= 15 is 0 Å². The summed E-state index contributed by atoms with van der Waals surface area (Å²) in [5, 5.41) is 103. The lowest BCUT2D eigenvalue weighted by Gasteiger charge is -2.04. The molecule has 0 aliphatic carbocycles. The third-order valence-electron chi connectivity index (χ3n) is 14.7. The Labute approximate surface area is 817 Å². The number of carbonyl (C=O) groups is 22. The summed E-state index contributed by atoms with van der Waals surface area (Å²) >= 11 is 0. The standard InChI is InChI=1S/C13H22O4.C12H20O4.C11H18O4.C10H16O4.C9H14O4.C8H12O4.C7H11NO3.C7H10O4.C6H9NO3.C6H8O4.C4H6O2.C3H4O2/c1-11(2)13(16)17-10-8-6-4-3-5-7-9-12(14)15;1-2-12(15)16-10-8-6-4-3-5-7-9-11(13)14;1-9(2)11(14)15-8-6-4-3-5-7-10(12)13;1-2-10(13)14-8-6-4-3-5-7-9(11)12;1-7(2)9(12)13-6-4-3-5-8(10)11;1-2-8(11)12-6-4-3-5-7(9)10;1-5(2)7(11)8-4-3-6(9)10;1-5(2)7(10)11-4-3-6(8)9;1-2-5(8)7-4-3-6(9)10;1-2-6(9)10-4-3-5(7)8;1-3(2)4(5)6;1-2-3(4)5/h1,3-10H2,2H3,(H,14,15);2H,1,3-10H2,(H,13,14);1,3-8H2,2H3,(H,12,13);2H,1,3-8H2,(H,11,12);1,3-6H2,2H3,(H,10,11);2H,1,3-6H2,(H,9,10);1,3-4H2,2H3,(H,8,11)(H,9,10);1,3-4H2,2H3,(H,8,9);2H,1,3-4H2,(H,7,8)(H,9,10);2H,1,3-4H2,(H,7,8);1H2,2H3,(H,5,6);2H,1H2,(H,4,5). The number of aliphatic carboxylic acids is 12. The zero-order chi connectivity index (χ0) is 111. The van der Waals surface area contributed by atoms with Crippen LogP contribution in [0.1, 0.15) is 260 Å². The molecule has 0 saturated heterocycles. The Morgan fingerprint density at radius 1 is 0.207 bits per heavy atom. The van der Waals surface area contributed by atoms with Gasteiger partial charge in [-0.15, -0.1) is 0 Å². The van der Waals surface area contributed by atoms with E-state index in [1.165, 1.54) is 13.8 Å². The minimum absolute atomic E-state index is 0.0560. The van der Waals surface area contributed by atoms with Gasteiger partial charge in [-0.25, -0.2) is 47.9 Å². The molecule has 140 heavy (non-hydrogen) atoms. The van der Waals surface area contributed by atoms with Gasteiger partial charge >= 0.3 is 119 Å². The highest BCUT2D eigenvalue weighted by atomic mass is 16.6. The second kappa shape index (κ2) is 113. The van der Waals surface area contributed by atoms with Crippen molar-refractivity contribution in [1.82, 2.24) is 10.6 Å². The molecule has 0 spiro atoms. The predicted octanol–water partition coefficient (Wildman–Crippen LogP) is 13.3. The van der Waals surface area contributed by atoms with E-state index in [4.69, 9.17) is 85.0 Å². The molecule has 44 nitrogen and oxygen atoms in total. The van der Waals surface area contributed by atoms with Crippen LogP contribution in [-0.2, 0) is 143 Å². The fourth-order valence-electron chi connectivity index (χ4n) is 7.40. The van der Waals surface area contributed by atoms with Crippen LogP contribution in [-0.4, -0.2) is 258 Å². The van der Waals surface area contributed by atoms with Gasteiger partial charge in [0.15, 0.2) is 0 Å². The van der Waals surface area contributed by atoms with E-state index in [1.807, 2.05) is 0 Å². The second-order valence-electron chi connectivity index (χ2n) is 28.2. The summed E-state index contributed by atoms with van der Waals surface area (Å²) in [6.45, 7) is 51.0. The lowest BCUT2D eigenvalue weighted by Crippen LogP contribution is -2.26. The Bertz CT molecular complexity index is 3720. The second-order valence-corrected chi connectivity index (χ2v) is 28.2. The van der Waals surface area contributed by atoms with Crippen molar-refractivity contribution in [2.75, 3.05) is 65.9 Å². The third kappa shape index (κ3) is 166. The van der Waals surface area contributed by atoms with E-state index in [-0.39, 0.29) is 145 Å². The maximum absolute atomic E-state index is 11.0. The van der Waals surface area contributed by atoms with Gasteiger partial charge in [0.05, 0.1) is 65.3 Å². The highest BCUT2D eigenvalue weighted by Gasteiger charge is 2.10. The first-order valence-electron chi connectivity index (χ1n) is 43.7. The largest absolute Gasteiger partial charge is 0.481 e. The molecule has 0 aliphatic rings. The topological polar surface area (TPSA) is 716 Å². The van der Waals surface area contributed by atoms with Crippen molar-refractivity contribution in [3.8, 4) is 0 Å². The summed E-state index contributed by atoms with van der Waals surface area (Å²) in [7, 11) is 0. The Balaban J connectivity index is -0.000000129. The van der Waals surface area contributed by atoms with Gasteiger partial charge in [0.25, 0.3) is 0 Å². The zero-order valence-corrected chi connectivity index (χ0v) is 81.7.